The van der Waals surface area contributed by atoms with E-state index in [2.05, 4.69) is 30.7 Å². The summed E-state index contributed by atoms with van der Waals surface area (Å²) in [5.74, 6) is -0.0345. The highest BCUT2D eigenvalue weighted by molar-refractivity contribution is 5.92. The van der Waals surface area contributed by atoms with E-state index in [4.69, 9.17) is 0 Å². The van der Waals surface area contributed by atoms with Crippen LogP contribution in [0.25, 0.3) is 0 Å². The largest absolute Gasteiger partial charge is 0.355 e. The van der Waals surface area contributed by atoms with E-state index in [9.17, 15) is 9.59 Å². The van der Waals surface area contributed by atoms with Crippen LogP contribution in [0.1, 0.15) is 35.4 Å². The quantitative estimate of drug-likeness (QED) is 0.720. The van der Waals surface area contributed by atoms with E-state index in [-0.39, 0.29) is 17.9 Å². The fourth-order valence-electron chi connectivity index (χ4n) is 4.78. The van der Waals surface area contributed by atoms with Gasteiger partial charge in [0.2, 0.25) is 5.91 Å². The number of amides is 2. The van der Waals surface area contributed by atoms with Gasteiger partial charge in [0.15, 0.2) is 5.69 Å². The van der Waals surface area contributed by atoms with Gasteiger partial charge in [-0.3, -0.25) is 14.3 Å². The summed E-state index contributed by atoms with van der Waals surface area (Å²) in [5.41, 5.74) is 0.949. The van der Waals surface area contributed by atoms with Crippen LogP contribution in [-0.4, -0.2) is 86.1 Å². The third-order valence-electron chi connectivity index (χ3n) is 6.49. The Kier molecular flexibility index (Phi) is 5.35. The molecular formula is C19H28N8O2. The molecule has 4 heterocycles. The molecule has 0 spiro atoms. The second-order valence-electron chi connectivity index (χ2n) is 8.06. The van der Waals surface area contributed by atoms with Crippen molar-refractivity contribution in [3.8, 4) is 0 Å². The third-order valence-corrected chi connectivity index (χ3v) is 6.49. The molecule has 0 unspecified atom stereocenters. The van der Waals surface area contributed by atoms with Crippen LogP contribution in [0.5, 0.6) is 0 Å². The van der Waals surface area contributed by atoms with Gasteiger partial charge in [0.25, 0.3) is 5.91 Å². The van der Waals surface area contributed by atoms with Crippen molar-refractivity contribution in [2.75, 3.05) is 33.2 Å². The van der Waals surface area contributed by atoms with Gasteiger partial charge in [0.1, 0.15) is 0 Å². The molecule has 2 N–H and O–H groups in total. The zero-order chi connectivity index (χ0) is 20.4. The Bertz CT molecular complexity index is 863. The van der Waals surface area contributed by atoms with Crippen molar-refractivity contribution < 1.29 is 9.59 Å². The lowest BCUT2D eigenvalue weighted by Gasteiger charge is -2.52. The molecular weight excluding hydrogens is 372 g/mol. The van der Waals surface area contributed by atoms with E-state index in [1.807, 2.05) is 24.8 Å². The molecule has 2 fully saturated rings. The minimum Gasteiger partial charge on any atom is -0.355 e. The predicted octanol–water partition coefficient (Wildman–Crippen LogP) is -0.176. The Morgan fingerprint density at radius 2 is 2.17 bits per heavy atom. The van der Waals surface area contributed by atoms with Crippen molar-refractivity contribution in [3.05, 3.63) is 29.8 Å². The average molecular weight is 400 g/mol. The molecule has 0 bridgehead atoms. The van der Waals surface area contributed by atoms with Crippen LogP contribution in [0.3, 0.4) is 0 Å². The topological polar surface area (TPSA) is 112 Å². The number of carbonyl (C=O) groups is 2. The number of likely N-dealkylation sites (N-methyl/N-ethyl adjacent to an activating group) is 1. The average Bonchev–Trinajstić information content (AvgIpc) is 3.40. The van der Waals surface area contributed by atoms with Crippen molar-refractivity contribution in [1.82, 2.24) is 40.3 Å². The molecule has 2 aliphatic heterocycles. The zero-order valence-electron chi connectivity index (χ0n) is 17.0. The molecule has 2 aliphatic rings. The molecule has 0 aliphatic carbocycles. The number of nitrogens with one attached hydrogen (secondary N) is 2. The number of piperidine rings is 2. The number of H-pyrrole nitrogens is 1. The first-order valence-corrected chi connectivity index (χ1v) is 10.1. The number of aromatic amines is 1. The Balaban J connectivity index is 1.45. The van der Waals surface area contributed by atoms with Gasteiger partial charge in [-0.1, -0.05) is 0 Å². The molecule has 0 radical (unpaired) electrons. The van der Waals surface area contributed by atoms with E-state index in [1.54, 1.807) is 11.1 Å². The Morgan fingerprint density at radius 3 is 2.90 bits per heavy atom. The van der Waals surface area contributed by atoms with Crippen molar-refractivity contribution >= 4 is 11.8 Å². The summed E-state index contributed by atoms with van der Waals surface area (Å²) in [6, 6.07) is 1.97. The molecule has 2 amide bonds. The van der Waals surface area contributed by atoms with Gasteiger partial charge in [0, 0.05) is 51.0 Å². The van der Waals surface area contributed by atoms with Crippen molar-refractivity contribution in [2.45, 2.75) is 31.7 Å². The summed E-state index contributed by atoms with van der Waals surface area (Å²) in [6.45, 7) is 2.58. The summed E-state index contributed by atoms with van der Waals surface area (Å²) in [4.78, 5) is 30.1. The summed E-state index contributed by atoms with van der Waals surface area (Å²) >= 11 is 0. The fourth-order valence-corrected chi connectivity index (χ4v) is 4.78. The number of fused-ring (bicyclic) bond motifs is 1. The Morgan fingerprint density at radius 1 is 1.31 bits per heavy atom. The fraction of sp³-hybridized carbons (Fsp3) is 0.632. The molecule has 29 heavy (non-hydrogen) atoms. The number of hydrogen-bond donors (Lipinski definition) is 2. The van der Waals surface area contributed by atoms with Crippen LogP contribution in [0.4, 0.5) is 0 Å². The van der Waals surface area contributed by atoms with Gasteiger partial charge >= 0.3 is 0 Å². The first-order chi connectivity index (χ1) is 14.0. The van der Waals surface area contributed by atoms with Gasteiger partial charge < -0.3 is 15.1 Å². The molecule has 2 saturated heterocycles. The second kappa shape index (κ2) is 7.94. The lowest BCUT2D eigenvalue weighted by molar-refractivity contribution is -0.143. The lowest BCUT2D eigenvalue weighted by Crippen LogP contribution is -2.65. The molecule has 2 aromatic rings. The third kappa shape index (κ3) is 3.64. The van der Waals surface area contributed by atoms with E-state index in [0.29, 0.717) is 31.7 Å². The molecule has 10 heteroatoms. The maximum Gasteiger partial charge on any atom is 0.276 e. The Hall–Kier alpha value is -2.75. The summed E-state index contributed by atoms with van der Waals surface area (Å²) in [6.07, 6.45) is 6.45. The number of likely N-dealkylation sites (tertiary alicyclic amines) is 2. The number of rotatable bonds is 5. The lowest BCUT2D eigenvalue weighted by atomic mass is 9.67. The van der Waals surface area contributed by atoms with Crippen LogP contribution in [-0.2, 0) is 18.3 Å². The minimum atomic E-state index is -0.458. The van der Waals surface area contributed by atoms with Crippen molar-refractivity contribution in [2.24, 2.45) is 12.5 Å². The standard InChI is InChI=1S/C19H28N8O2/c1-25-10-3-6-19(18(29)20-8-4-14-5-9-22-26(14)2)7-11-27(13-16(19)25)17(28)15-12-21-24-23-15/h5,9,12,16H,3-4,6-8,10-11,13H2,1-2H3,(H,20,29)(H,21,23,24)/t16-,19+/m0/s1. The number of nitrogens with zero attached hydrogens (tertiary/aromatic N) is 6. The van der Waals surface area contributed by atoms with Gasteiger partial charge in [0.05, 0.1) is 11.6 Å². The first kappa shape index (κ1) is 19.6. The molecule has 2 aromatic heterocycles. The molecule has 4 rings (SSSR count). The number of hydrogen-bond acceptors (Lipinski definition) is 6. The van der Waals surface area contributed by atoms with Gasteiger partial charge in [-0.25, -0.2) is 0 Å². The first-order valence-electron chi connectivity index (χ1n) is 10.1. The number of aromatic nitrogens is 5. The van der Waals surface area contributed by atoms with Crippen molar-refractivity contribution in [3.63, 3.8) is 0 Å². The Labute approximate surface area is 169 Å². The van der Waals surface area contributed by atoms with Crippen LogP contribution in [0.15, 0.2) is 18.5 Å². The van der Waals surface area contributed by atoms with Crippen LogP contribution in [0.2, 0.25) is 0 Å². The molecule has 0 saturated carbocycles. The monoisotopic (exact) mass is 400 g/mol. The second-order valence-corrected chi connectivity index (χ2v) is 8.06. The van der Waals surface area contributed by atoms with Gasteiger partial charge in [-0.05, 0) is 38.9 Å². The zero-order valence-corrected chi connectivity index (χ0v) is 17.0. The number of aryl methyl sites for hydroxylation is 1. The summed E-state index contributed by atoms with van der Waals surface area (Å²) in [7, 11) is 3.95. The molecule has 2 atom stereocenters. The van der Waals surface area contributed by atoms with Crippen LogP contribution >= 0.6 is 0 Å². The molecule has 10 nitrogen and oxygen atoms in total. The SMILES string of the molecule is CN1CCC[C@@]2(C(=O)NCCc3ccnn3C)CCN(C(=O)c3cn[nH]n3)C[C@H]12. The summed E-state index contributed by atoms with van der Waals surface area (Å²) < 4.78 is 1.83. The highest BCUT2D eigenvalue weighted by Crippen LogP contribution is 2.42. The van der Waals surface area contributed by atoms with Crippen molar-refractivity contribution in [1.29, 1.82) is 0 Å². The number of carbonyl (C=O) groups excluding carboxylic acids is 2. The van der Waals surface area contributed by atoms with Gasteiger partial charge in [-0.2, -0.15) is 20.5 Å². The maximum absolute atomic E-state index is 13.3. The highest BCUT2D eigenvalue weighted by Gasteiger charge is 2.52. The predicted molar refractivity (Wildman–Crippen MR) is 105 cm³/mol. The maximum atomic E-state index is 13.3. The van der Waals surface area contributed by atoms with E-state index >= 15 is 0 Å². The van der Waals surface area contributed by atoms with Gasteiger partial charge in [-0.15, -0.1) is 0 Å². The highest BCUT2D eigenvalue weighted by atomic mass is 16.2. The van der Waals surface area contributed by atoms with E-state index in [1.165, 1.54) is 6.20 Å². The summed E-state index contributed by atoms with van der Waals surface area (Å²) in [5, 5.41) is 17.5. The minimum absolute atomic E-state index is 0.00226. The van der Waals surface area contributed by atoms with Crippen LogP contribution in [0, 0.1) is 5.41 Å². The van der Waals surface area contributed by atoms with E-state index in [0.717, 1.165) is 31.5 Å². The molecule has 0 aromatic carbocycles. The van der Waals surface area contributed by atoms with E-state index < -0.39 is 5.41 Å². The van der Waals surface area contributed by atoms with Crippen LogP contribution < -0.4 is 5.32 Å². The smallest absolute Gasteiger partial charge is 0.276 e. The normalized spacial score (nSPS) is 24.9. The molecule has 156 valence electrons.